The molecular weight excluding hydrogens is 274 g/mol. The molecule has 2 unspecified atom stereocenters. The van der Waals surface area contributed by atoms with Crippen LogP contribution in [0.25, 0.3) is 0 Å². The molecule has 0 aromatic carbocycles. The minimum absolute atomic E-state index is 0.773. The van der Waals surface area contributed by atoms with Crippen LogP contribution in [0, 0.1) is 5.92 Å². The van der Waals surface area contributed by atoms with E-state index in [-0.39, 0.29) is 0 Å². The lowest BCUT2D eigenvalue weighted by Gasteiger charge is -2.45. The molecule has 4 heteroatoms. The molecular formula is C18H35N3O. The van der Waals surface area contributed by atoms with E-state index in [1.807, 2.05) is 0 Å². The molecule has 3 saturated heterocycles. The number of ether oxygens (including phenoxy) is 1. The molecule has 0 amide bonds. The van der Waals surface area contributed by atoms with Gasteiger partial charge in [0.15, 0.2) is 0 Å². The molecule has 3 aliphatic rings. The van der Waals surface area contributed by atoms with Gasteiger partial charge in [-0.15, -0.1) is 0 Å². The van der Waals surface area contributed by atoms with Crippen LogP contribution in [0.2, 0.25) is 0 Å². The van der Waals surface area contributed by atoms with Crippen LogP contribution < -0.4 is 0 Å². The van der Waals surface area contributed by atoms with Crippen molar-refractivity contribution in [2.45, 2.75) is 44.6 Å². The summed E-state index contributed by atoms with van der Waals surface area (Å²) >= 11 is 0. The first-order valence-electron chi connectivity index (χ1n) is 9.54. The highest BCUT2D eigenvalue weighted by molar-refractivity contribution is 4.87. The van der Waals surface area contributed by atoms with Crippen LogP contribution in [0.15, 0.2) is 0 Å². The lowest BCUT2D eigenvalue weighted by Crippen LogP contribution is -2.55. The van der Waals surface area contributed by atoms with Crippen molar-refractivity contribution < 1.29 is 4.74 Å². The Morgan fingerprint density at radius 2 is 1.82 bits per heavy atom. The van der Waals surface area contributed by atoms with E-state index in [0.29, 0.717) is 0 Å². The molecule has 22 heavy (non-hydrogen) atoms. The first kappa shape index (κ1) is 16.7. The van der Waals surface area contributed by atoms with Gasteiger partial charge in [0.25, 0.3) is 0 Å². The standard InChI is InChI=1S/C18H35N3O/c1-19-11-12-21-14-17(6-7-18(21)15-19)16-22-13-5-10-20-8-3-2-4-9-20/h17-18H,2-16H2,1H3. The van der Waals surface area contributed by atoms with Crippen LogP contribution in [-0.4, -0.2) is 86.8 Å². The Morgan fingerprint density at radius 3 is 2.68 bits per heavy atom. The number of likely N-dealkylation sites (N-methyl/N-ethyl adjacent to an activating group) is 1. The maximum Gasteiger partial charge on any atom is 0.0506 e. The van der Waals surface area contributed by atoms with E-state index in [9.17, 15) is 0 Å². The van der Waals surface area contributed by atoms with Crippen molar-refractivity contribution in [1.29, 1.82) is 0 Å². The van der Waals surface area contributed by atoms with E-state index < -0.39 is 0 Å². The van der Waals surface area contributed by atoms with Crippen molar-refractivity contribution in [2.24, 2.45) is 5.92 Å². The molecule has 0 aliphatic carbocycles. The predicted molar refractivity (Wildman–Crippen MR) is 91.3 cm³/mol. The number of piperazine rings is 1. The number of nitrogens with zero attached hydrogens (tertiary/aromatic N) is 3. The maximum atomic E-state index is 6.00. The largest absolute Gasteiger partial charge is 0.381 e. The third kappa shape index (κ3) is 4.92. The summed E-state index contributed by atoms with van der Waals surface area (Å²) in [6.07, 6.45) is 8.17. The fraction of sp³-hybridized carbons (Fsp3) is 1.00. The Morgan fingerprint density at radius 1 is 0.955 bits per heavy atom. The van der Waals surface area contributed by atoms with Crippen LogP contribution in [0.5, 0.6) is 0 Å². The molecule has 2 atom stereocenters. The fourth-order valence-electron chi connectivity index (χ4n) is 4.37. The predicted octanol–water partition coefficient (Wildman–Crippen LogP) is 1.91. The second-order valence-electron chi connectivity index (χ2n) is 7.69. The van der Waals surface area contributed by atoms with Gasteiger partial charge < -0.3 is 14.5 Å². The maximum absolute atomic E-state index is 6.00. The van der Waals surface area contributed by atoms with E-state index >= 15 is 0 Å². The summed E-state index contributed by atoms with van der Waals surface area (Å²) in [7, 11) is 2.26. The minimum Gasteiger partial charge on any atom is -0.381 e. The number of piperidine rings is 2. The zero-order chi connectivity index (χ0) is 15.2. The first-order valence-corrected chi connectivity index (χ1v) is 9.54. The quantitative estimate of drug-likeness (QED) is 0.698. The highest BCUT2D eigenvalue weighted by Crippen LogP contribution is 2.24. The summed E-state index contributed by atoms with van der Waals surface area (Å²) in [5.41, 5.74) is 0. The van der Waals surface area contributed by atoms with Crippen LogP contribution in [0.3, 0.4) is 0 Å². The van der Waals surface area contributed by atoms with Crippen molar-refractivity contribution >= 4 is 0 Å². The van der Waals surface area contributed by atoms with Crippen LogP contribution in [-0.2, 0) is 4.74 Å². The molecule has 0 aromatic heterocycles. The second kappa shape index (κ2) is 8.62. The normalized spacial score (nSPS) is 32.0. The average Bonchev–Trinajstić information content (AvgIpc) is 2.55. The lowest BCUT2D eigenvalue weighted by atomic mass is 9.92. The van der Waals surface area contributed by atoms with Crippen molar-refractivity contribution in [3.8, 4) is 0 Å². The molecule has 0 aromatic rings. The molecule has 3 aliphatic heterocycles. The van der Waals surface area contributed by atoms with Gasteiger partial charge in [0.05, 0.1) is 6.61 Å². The van der Waals surface area contributed by atoms with E-state index in [1.165, 1.54) is 84.3 Å². The Kier molecular flexibility index (Phi) is 6.54. The van der Waals surface area contributed by atoms with E-state index in [1.54, 1.807) is 0 Å². The number of hydrogen-bond donors (Lipinski definition) is 0. The molecule has 0 saturated carbocycles. The highest BCUT2D eigenvalue weighted by Gasteiger charge is 2.31. The van der Waals surface area contributed by atoms with Crippen molar-refractivity contribution in [3.63, 3.8) is 0 Å². The summed E-state index contributed by atoms with van der Waals surface area (Å²) in [6, 6.07) is 0.814. The average molecular weight is 309 g/mol. The topological polar surface area (TPSA) is 19.0 Å². The van der Waals surface area contributed by atoms with E-state index in [2.05, 4.69) is 21.7 Å². The number of likely N-dealkylation sites (tertiary alicyclic amines) is 1. The van der Waals surface area contributed by atoms with Gasteiger partial charge in [-0.25, -0.2) is 0 Å². The molecule has 3 rings (SSSR count). The van der Waals surface area contributed by atoms with Gasteiger partial charge in [-0.05, 0) is 58.2 Å². The Bertz CT molecular complexity index is 319. The van der Waals surface area contributed by atoms with Crippen LogP contribution >= 0.6 is 0 Å². The smallest absolute Gasteiger partial charge is 0.0506 e. The summed E-state index contributed by atoms with van der Waals surface area (Å²) in [5.74, 6) is 0.773. The van der Waals surface area contributed by atoms with Gasteiger partial charge >= 0.3 is 0 Å². The second-order valence-corrected chi connectivity index (χ2v) is 7.69. The monoisotopic (exact) mass is 309 g/mol. The molecule has 3 heterocycles. The molecule has 0 bridgehead atoms. The van der Waals surface area contributed by atoms with Gasteiger partial charge in [-0.3, -0.25) is 4.90 Å². The molecule has 3 fully saturated rings. The third-order valence-corrected chi connectivity index (χ3v) is 5.77. The zero-order valence-corrected chi connectivity index (χ0v) is 14.5. The van der Waals surface area contributed by atoms with Crippen LogP contribution in [0.4, 0.5) is 0 Å². The first-order chi connectivity index (χ1) is 10.8. The van der Waals surface area contributed by atoms with Crippen molar-refractivity contribution in [2.75, 3.05) is 66.1 Å². The number of rotatable bonds is 6. The molecule has 0 N–H and O–H groups in total. The van der Waals surface area contributed by atoms with Crippen molar-refractivity contribution in [1.82, 2.24) is 14.7 Å². The summed E-state index contributed by atoms with van der Waals surface area (Å²) in [6.45, 7) is 10.8. The molecule has 4 nitrogen and oxygen atoms in total. The van der Waals surface area contributed by atoms with Gasteiger partial charge in [0.2, 0.25) is 0 Å². The van der Waals surface area contributed by atoms with Gasteiger partial charge in [0, 0.05) is 45.4 Å². The summed E-state index contributed by atoms with van der Waals surface area (Å²) < 4.78 is 6.00. The van der Waals surface area contributed by atoms with Gasteiger partial charge in [-0.2, -0.15) is 0 Å². The van der Waals surface area contributed by atoms with Crippen molar-refractivity contribution in [3.05, 3.63) is 0 Å². The summed E-state index contributed by atoms with van der Waals surface area (Å²) in [4.78, 5) is 7.81. The number of hydrogen-bond acceptors (Lipinski definition) is 4. The SMILES string of the molecule is CN1CCN2CC(COCCCN3CCCCC3)CCC2C1. The Labute approximate surface area is 136 Å². The van der Waals surface area contributed by atoms with E-state index in [0.717, 1.165) is 25.2 Å². The third-order valence-electron chi connectivity index (χ3n) is 5.77. The molecule has 0 radical (unpaired) electrons. The zero-order valence-electron chi connectivity index (χ0n) is 14.5. The summed E-state index contributed by atoms with van der Waals surface area (Å²) in [5, 5.41) is 0. The fourth-order valence-corrected chi connectivity index (χ4v) is 4.37. The Balaban J connectivity index is 1.25. The van der Waals surface area contributed by atoms with Gasteiger partial charge in [-0.1, -0.05) is 6.42 Å². The van der Waals surface area contributed by atoms with Crippen LogP contribution in [0.1, 0.15) is 38.5 Å². The highest BCUT2D eigenvalue weighted by atomic mass is 16.5. The Hall–Kier alpha value is -0.160. The van der Waals surface area contributed by atoms with E-state index in [4.69, 9.17) is 4.74 Å². The lowest BCUT2D eigenvalue weighted by molar-refractivity contribution is 0.00452. The number of fused-ring (bicyclic) bond motifs is 1. The minimum atomic E-state index is 0.773. The molecule has 128 valence electrons. The molecule has 0 spiro atoms. The van der Waals surface area contributed by atoms with Gasteiger partial charge in [0.1, 0.15) is 0 Å².